The van der Waals surface area contributed by atoms with Gasteiger partial charge in [-0.05, 0) is 41.1 Å². The molecule has 1 aliphatic heterocycles. The zero-order valence-electron chi connectivity index (χ0n) is 13.1. The molecule has 1 N–H and O–H groups in total. The van der Waals surface area contributed by atoms with Gasteiger partial charge in [0.05, 0.1) is 18.1 Å². The zero-order valence-corrected chi connectivity index (χ0v) is 14.7. The molecule has 1 fully saturated rings. The van der Waals surface area contributed by atoms with Gasteiger partial charge in [0, 0.05) is 5.02 Å². The molecule has 1 atom stereocenters. The Balaban J connectivity index is 1.95. The summed E-state index contributed by atoms with van der Waals surface area (Å²) in [5.41, 5.74) is 0.678. The van der Waals surface area contributed by atoms with Gasteiger partial charge < -0.3 is 14.6 Å². The van der Waals surface area contributed by atoms with Crippen LogP contribution in [0.4, 0.5) is 0 Å². The van der Waals surface area contributed by atoms with Crippen LogP contribution in [0.1, 0.15) is 48.5 Å². The fourth-order valence-corrected chi connectivity index (χ4v) is 4.01. The number of rotatable bonds is 6. The number of unbranched alkanes of at least 4 members (excludes halogenated alkanes) is 1. The summed E-state index contributed by atoms with van der Waals surface area (Å²) >= 11 is 7.70. The Bertz CT molecular complexity index is 651. The van der Waals surface area contributed by atoms with Crippen LogP contribution < -0.4 is 0 Å². The molecule has 2 heterocycles. The second-order valence-corrected chi connectivity index (χ2v) is 7.16. The van der Waals surface area contributed by atoms with Crippen molar-refractivity contribution in [1.29, 1.82) is 0 Å². The SMILES string of the molecule is CCCCC(O)(c1cccc(Cl)c1)c1csc(C2OCCO2)c1. The minimum atomic E-state index is -1.03. The smallest absolute Gasteiger partial charge is 0.193 e. The normalized spacial score (nSPS) is 18.2. The van der Waals surface area contributed by atoms with Crippen LogP contribution in [-0.4, -0.2) is 18.3 Å². The van der Waals surface area contributed by atoms with Crippen LogP contribution in [0.2, 0.25) is 5.02 Å². The molecular weight excluding hydrogens is 332 g/mol. The van der Waals surface area contributed by atoms with Crippen molar-refractivity contribution >= 4 is 22.9 Å². The van der Waals surface area contributed by atoms with Gasteiger partial charge >= 0.3 is 0 Å². The van der Waals surface area contributed by atoms with Gasteiger partial charge in [-0.2, -0.15) is 0 Å². The molecule has 3 nitrogen and oxygen atoms in total. The first-order chi connectivity index (χ1) is 11.1. The molecule has 0 spiro atoms. The highest BCUT2D eigenvalue weighted by Gasteiger charge is 2.33. The van der Waals surface area contributed by atoms with E-state index >= 15 is 0 Å². The van der Waals surface area contributed by atoms with Crippen LogP contribution in [0.25, 0.3) is 0 Å². The summed E-state index contributed by atoms with van der Waals surface area (Å²) in [6.07, 6.45) is 2.31. The molecule has 3 rings (SSSR count). The van der Waals surface area contributed by atoms with E-state index < -0.39 is 5.60 Å². The first-order valence-electron chi connectivity index (χ1n) is 7.94. The predicted molar refractivity (Wildman–Crippen MR) is 92.9 cm³/mol. The van der Waals surface area contributed by atoms with Gasteiger partial charge in [0.15, 0.2) is 6.29 Å². The minimum absolute atomic E-state index is 0.302. The van der Waals surface area contributed by atoms with Crippen molar-refractivity contribution in [3.05, 3.63) is 56.7 Å². The van der Waals surface area contributed by atoms with Gasteiger partial charge in [-0.25, -0.2) is 0 Å². The molecule has 1 aromatic heterocycles. The van der Waals surface area contributed by atoms with Gasteiger partial charge in [-0.1, -0.05) is 43.5 Å². The lowest BCUT2D eigenvalue weighted by Gasteiger charge is -2.28. The third kappa shape index (κ3) is 3.62. The Kier molecular flexibility index (Phi) is 5.39. The Hall–Kier alpha value is -0.910. The lowest BCUT2D eigenvalue weighted by atomic mass is 9.83. The molecule has 23 heavy (non-hydrogen) atoms. The first kappa shape index (κ1) is 16.9. The molecule has 0 radical (unpaired) electrons. The van der Waals surface area contributed by atoms with E-state index in [0.29, 0.717) is 24.7 Å². The third-order valence-corrected chi connectivity index (χ3v) is 5.34. The number of halogens is 1. The fraction of sp³-hybridized carbons (Fsp3) is 0.444. The van der Waals surface area contributed by atoms with E-state index in [9.17, 15) is 5.11 Å². The molecule has 1 aromatic carbocycles. The van der Waals surface area contributed by atoms with E-state index in [1.54, 1.807) is 11.3 Å². The molecule has 0 bridgehead atoms. The Labute approximate surface area is 145 Å². The fourth-order valence-electron chi connectivity index (χ4n) is 2.85. The second-order valence-electron chi connectivity index (χ2n) is 5.79. The lowest BCUT2D eigenvalue weighted by molar-refractivity contribution is -0.0415. The van der Waals surface area contributed by atoms with Crippen LogP contribution >= 0.6 is 22.9 Å². The number of thiophene rings is 1. The topological polar surface area (TPSA) is 38.7 Å². The van der Waals surface area contributed by atoms with E-state index in [4.69, 9.17) is 21.1 Å². The molecule has 1 aliphatic rings. The summed E-state index contributed by atoms with van der Waals surface area (Å²) in [7, 11) is 0. The summed E-state index contributed by atoms with van der Waals surface area (Å²) in [5, 5.41) is 14.1. The summed E-state index contributed by atoms with van der Waals surface area (Å²) in [6, 6.07) is 9.48. The van der Waals surface area contributed by atoms with Crippen LogP contribution in [0.3, 0.4) is 0 Å². The average Bonchev–Trinajstić information content (AvgIpc) is 3.23. The molecule has 124 valence electrons. The first-order valence-corrected chi connectivity index (χ1v) is 9.20. The van der Waals surface area contributed by atoms with E-state index in [1.165, 1.54) is 0 Å². The van der Waals surface area contributed by atoms with Crippen LogP contribution in [0.15, 0.2) is 35.7 Å². The molecule has 5 heteroatoms. The number of hydrogen-bond acceptors (Lipinski definition) is 4. The summed E-state index contributed by atoms with van der Waals surface area (Å²) in [5.74, 6) is 0. The maximum absolute atomic E-state index is 11.4. The van der Waals surface area contributed by atoms with Crippen molar-refractivity contribution in [3.8, 4) is 0 Å². The van der Waals surface area contributed by atoms with Crippen molar-refractivity contribution in [2.75, 3.05) is 13.2 Å². The Morgan fingerprint density at radius 1 is 1.26 bits per heavy atom. The van der Waals surface area contributed by atoms with Gasteiger partial charge in [0.1, 0.15) is 5.60 Å². The van der Waals surface area contributed by atoms with Crippen molar-refractivity contribution in [2.24, 2.45) is 0 Å². The van der Waals surface area contributed by atoms with E-state index in [0.717, 1.165) is 28.8 Å². The highest BCUT2D eigenvalue weighted by molar-refractivity contribution is 7.10. The molecule has 0 amide bonds. The van der Waals surface area contributed by atoms with E-state index in [-0.39, 0.29) is 6.29 Å². The van der Waals surface area contributed by atoms with Crippen molar-refractivity contribution in [2.45, 2.75) is 38.1 Å². The highest BCUT2D eigenvalue weighted by atomic mass is 35.5. The van der Waals surface area contributed by atoms with Gasteiger partial charge in [-0.15, -0.1) is 11.3 Å². The molecule has 2 aromatic rings. The van der Waals surface area contributed by atoms with E-state index in [1.807, 2.05) is 35.7 Å². The van der Waals surface area contributed by atoms with Crippen LogP contribution in [0, 0.1) is 0 Å². The molecule has 1 unspecified atom stereocenters. The van der Waals surface area contributed by atoms with Crippen LogP contribution in [0.5, 0.6) is 0 Å². The number of benzene rings is 1. The molecule has 0 aliphatic carbocycles. The van der Waals surface area contributed by atoms with Gasteiger partial charge in [0.2, 0.25) is 0 Å². The summed E-state index contributed by atoms with van der Waals surface area (Å²) in [4.78, 5) is 0.995. The predicted octanol–water partition coefficient (Wildman–Crippen LogP) is 4.87. The number of aliphatic hydroxyl groups is 1. The van der Waals surface area contributed by atoms with Crippen LogP contribution in [-0.2, 0) is 15.1 Å². The van der Waals surface area contributed by atoms with E-state index in [2.05, 4.69) is 6.92 Å². The molecule has 0 saturated carbocycles. The third-order valence-electron chi connectivity index (χ3n) is 4.15. The van der Waals surface area contributed by atoms with Crippen molar-refractivity contribution in [3.63, 3.8) is 0 Å². The summed E-state index contributed by atoms with van der Waals surface area (Å²) in [6.45, 7) is 3.36. The lowest BCUT2D eigenvalue weighted by Crippen LogP contribution is -2.26. The minimum Gasteiger partial charge on any atom is -0.380 e. The zero-order chi connectivity index (χ0) is 16.3. The summed E-state index contributed by atoms with van der Waals surface area (Å²) < 4.78 is 11.1. The second kappa shape index (κ2) is 7.32. The standard InChI is InChI=1S/C18H21ClO3S/c1-2-3-7-18(20,13-5-4-6-15(19)10-13)14-11-16(23-12-14)17-21-8-9-22-17/h4-6,10-12,17,20H,2-3,7-9H2,1H3. The maximum atomic E-state index is 11.4. The van der Waals surface area contributed by atoms with Crippen molar-refractivity contribution in [1.82, 2.24) is 0 Å². The van der Waals surface area contributed by atoms with Gasteiger partial charge in [-0.3, -0.25) is 0 Å². The van der Waals surface area contributed by atoms with Crippen molar-refractivity contribution < 1.29 is 14.6 Å². The monoisotopic (exact) mass is 352 g/mol. The molecular formula is C18H21ClO3S. The largest absolute Gasteiger partial charge is 0.380 e. The number of hydrogen-bond donors (Lipinski definition) is 1. The van der Waals surface area contributed by atoms with Gasteiger partial charge in [0.25, 0.3) is 0 Å². The number of ether oxygens (including phenoxy) is 2. The average molecular weight is 353 g/mol. The quantitative estimate of drug-likeness (QED) is 0.805. The Morgan fingerprint density at radius 3 is 2.74 bits per heavy atom. The maximum Gasteiger partial charge on any atom is 0.193 e. The Morgan fingerprint density at radius 2 is 2.04 bits per heavy atom. The highest BCUT2D eigenvalue weighted by Crippen LogP contribution is 2.40. The molecule has 1 saturated heterocycles.